The van der Waals surface area contributed by atoms with E-state index in [1.165, 1.54) is 5.71 Å². The highest BCUT2D eigenvalue weighted by Gasteiger charge is 2.10. The van der Waals surface area contributed by atoms with E-state index in [2.05, 4.69) is 34.4 Å². The van der Waals surface area contributed by atoms with Crippen molar-refractivity contribution in [2.75, 3.05) is 26.7 Å². The number of piperidine rings is 1. The van der Waals surface area contributed by atoms with Gasteiger partial charge in [-0.3, -0.25) is 5.43 Å². The molecule has 4 nitrogen and oxygen atoms in total. The summed E-state index contributed by atoms with van der Waals surface area (Å²) in [5, 5.41) is 7.79. The molecule has 0 radical (unpaired) electrons. The second kappa shape index (κ2) is 6.53. The molecule has 0 amide bonds. The Balaban J connectivity index is 2.25. The van der Waals surface area contributed by atoms with Gasteiger partial charge in [-0.25, -0.2) is 0 Å². The highest BCUT2D eigenvalue weighted by molar-refractivity contribution is 7.80. The number of nitrogens with one attached hydrogen (secondary N) is 2. The number of likely N-dealkylation sites (tertiary alicyclic amines) is 1. The van der Waals surface area contributed by atoms with Gasteiger partial charge in [-0.1, -0.05) is 6.08 Å². The Morgan fingerprint density at radius 1 is 1.60 bits per heavy atom. The minimum atomic E-state index is 0.557. The summed E-state index contributed by atoms with van der Waals surface area (Å²) in [6, 6.07) is 0. The Morgan fingerprint density at radius 3 is 2.87 bits per heavy atom. The predicted molar refractivity (Wildman–Crippen MR) is 68.1 cm³/mol. The summed E-state index contributed by atoms with van der Waals surface area (Å²) in [5.41, 5.74) is 4.03. The Kier molecular flexibility index (Phi) is 5.28. The van der Waals surface area contributed by atoms with E-state index in [-0.39, 0.29) is 0 Å². The van der Waals surface area contributed by atoms with Gasteiger partial charge in [0.2, 0.25) is 0 Å². The molecule has 2 N–H and O–H groups in total. The van der Waals surface area contributed by atoms with Gasteiger partial charge in [0.25, 0.3) is 0 Å². The van der Waals surface area contributed by atoms with Crippen LogP contribution in [-0.4, -0.2) is 42.4 Å². The molecule has 0 unspecified atom stereocenters. The maximum Gasteiger partial charge on any atom is 0.187 e. The minimum absolute atomic E-state index is 0.557. The van der Waals surface area contributed by atoms with Crippen molar-refractivity contribution in [3.8, 4) is 0 Å². The van der Waals surface area contributed by atoms with E-state index < -0.39 is 0 Å². The fourth-order valence-electron chi connectivity index (χ4n) is 1.32. The highest BCUT2D eigenvalue weighted by atomic mass is 32.1. The Morgan fingerprint density at radius 2 is 2.27 bits per heavy atom. The van der Waals surface area contributed by atoms with Gasteiger partial charge in [-0.2, -0.15) is 5.10 Å². The van der Waals surface area contributed by atoms with Crippen LogP contribution in [0.2, 0.25) is 0 Å². The second-order valence-electron chi connectivity index (χ2n) is 3.59. The molecule has 1 aliphatic rings. The van der Waals surface area contributed by atoms with Crippen LogP contribution in [0.25, 0.3) is 0 Å². The molecule has 1 aliphatic heterocycles. The molecular formula is C10H18N4S. The van der Waals surface area contributed by atoms with Gasteiger partial charge in [-0.05, 0) is 19.3 Å². The van der Waals surface area contributed by atoms with E-state index in [4.69, 9.17) is 12.2 Å². The van der Waals surface area contributed by atoms with Crippen LogP contribution in [0.3, 0.4) is 0 Å². The normalized spacial score (nSPS) is 17.0. The van der Waals surface area contributed by atoms with E-state index in [1.54, 1.807) is 6.08 Å². The van der Waals surface area contributed by atoms with Crippen LogP contribution < -0.4 is 10.7 Å². The second-order valence-corrected chi connectivity index (χ2v) is 4.00. The molecule has 1 fully saturated rings. The third-order valence-electron chi connectivity index (χ3n) is 2.29. The minimum Gasteiger partial charge on any atom is -0.358 e. The standard InChI is InChI=1S/C10H18N4S/c1-3-6-11-10(15)13-12-9-4-7-14(2)8-5-9/h3H,1,4-8H2,2H3,(H2,11,13,15). The predicted octanol–water partition coefficient (Wildman–Crippen LogP) is 0.718. The lowest BCUT2D eigenvalue weighted by Gasteiger charge is -2.22. The van der Waals surface area contributed by atoms with Crippen molar-refractivity contribution in [3.05, 3.63) is 12.7 Å². The van der Waals surface area contributed by atoms with Gasteiger partial charge in [0, 0.05) is 38.2 Å². The zero-order chi connectivity index (χ0) is 11.1. The zero-order valence-electron chi connectivity index (χ0n) is 9.12. The van der Waals surface area contributed by atoms with Crippen molar-refractivity contribution in [2.45, 2.75) is 12.8 Å². The Hall–Kier alpha value is -0.940. The number of hydrazone groups is 1. The summed E-state index contributed by atoms with van der Waals surface area (Å²) in [5.74, 6) is 0. The molecule has 5 heteroatoms. The molecule has 0 spiro atoms. The van der Waals surface area contributed by atoms with Crippen LogP contribution in [0.1, 0.15) is 12.8 Å². The van der Waals surface area contributed by atoms with Gasteiger partial charge in [0.15, 0.2) is 5.11 Å². The van der Waals surface area contributed by atoms with Crippen molar-refractivity contribution in [2.24, 2.45) is 5.10 Å². The van der Waals surface area contributed by atoms with E-state index in [9.17, 15) is 0 Å². The average molecular weight is 226 g/mol. The SMILES string of the molecule is C=CCNC(=S)NN=C1CCN(C)CC1. The lowest BCUT2D eigenvalue weighted by molar-refractivity contribution is 0.335. The van der Waals surface area contributed by atoms with Crippen molar-refractivity contribution >= 4 is 23.0 Å². The van der Waals surface area contributed by atoms with Gasteiger partial charge >= 0.3 is 0 Å². The first-order valence-electron chi connectivity index (χ1n) is 5.11. The summed E-state index contributed by atoms with van der Waals surface area (Å²) >= 11 is 5.02. The largest absolute Gasteiger partial charge is 0.358 e. The zero-order valence-corrected chi connectivity index (χ0v) is 9.94. The summed E-state index contributed by atoms with van der Waals surface area (Å²) in [6.45, 7) is 6.42. The maximum absolute atomic E-state index is 5.02. The first-order chi connectivity index (χ1) is 7.22. The molecule has 0 aromatic carbocycles. The van der Waals surface area contributed by atoms with E-state index >= 15 is 0 Å². The van der Waals surface area contributed by atoms with Crippen LogP contribution >= 0.6 is 12.2 Å². The molecule has 0 saturated carbocycles. The average Bonchev–Trinajstić information content (AvgIpc) is 2.25. The van der Waals surface area contributed by atoms with E-state index in [1.807, 2.05) is 0 Å². The molecule has 15 heavy (non-hydrogen) atoms. The van der Waals surface area contributed by atoms with Crippen LogP contribution in [-0.2, 0) is 0 Å². The molecule has 0 aromatic rings. The molecule has 1 saturated heterocycles. The molecule has 1 rings (SSSR count). The van der Waals surface area contributed by atoms with E-state index in [0.29, 0.717) is 11.7 Å². The molecule has 0 aromatic heterocycles. The topological polar surface area (TPSA) is 39.7 Å². The van der Waals surface area contributed by atoms with Crippen molar-refractivity contribution in [1.82, 2.24) is 15.6 Å². The number of hydrogen-bond donors (Lipinski definition) is 2. The van der Waals surface area contributed by atoms with Gasteiger partial charge in [-0.15, -0.1) is 6.58 Å². The van der Waals surface area contributed by atoms with Crippen LogP contribution in [0.4, 0.5) is 0 Å². The fraction of sp³-hybridized carbons (Fsp3) is 0.600. The fourth-order valence-corrected chi connectivity index (χ4v) is 1.45. The van der Waals surface area contributed by atoms with Crippen LogP contribution in [0.15, 0.2) is 17.8 Å². The summed E-state index contributed by atoms with van der Waals surface area (Å²) in [4.78, 5) is 2.30. The molecule has 0 bridgehead atoms. The third-order valence-corrected chi connectivity index (χ3v) is 2.52. The lowest BCUT2D eigenvalue weighted by Crippen LogP contribution is -2.35. The summed E-state index contributed by atoms with van der Waals surface area (Å²) in [7, 11) is 2.13. The number of nitrogens with zero attached hydrogens (tertiary/aromatic N) is 2. The molecular weight excluding hydrogens is 208 g/mol. The van der Waals surface area contributed by atoms with Crippen molar-refractivity contribution in [3.63, 3.8) is 0 Å². The molecule has 0 aliphatic carbocycles. The number of thiocarbonyl (C=S) groups is 1. The summed E-state index contributed by atoms with van der Waals surface area (Å²) in [6.07, 6.45) is 3.80. The summed E-state index contributed by atoms with van der Waals surface area (Å²) < 4.78 is 0. The lowest BCUT2D eigenvalue weighted by atomic mass is 10.1. The Labute approximate surface area is 96.4 Å². The van der Waals surface area contributed by atoms with Crippen molar-refractivity contribution < 1.29 is 0 Å². The highest BCUT2D eigenvalue weighted by Crippen LogP contribution is 2.03. The Bertz CT molecular complexity index is 252. The molecule has 84 valence electrons. The van der Waals surface area contributed by atoms with Gasteiger partial charge in [0.05, 0.1) is 0 Å². The third kappa shape index (κ3) is 4.90. The van der Waals surface area contributed by atoms with Gasteiger partial charge < -0.3 is 10.2 Å². The number of rotatable bonds is 3. The maximum atomic E-state index is 5.02. The van der Waals surface area contributed by atoms with Crippen LogP contribution in [0, 0.1) is 0 Å². The first kappa shape index (κ1) is 12.1. The number of hydrogen-bond acceptors (Lipinski definition) is 3. The molecule has 0 atom stereocenters. The molecule has 1 heterocycles. The smallest absolute Gasteiger partial charge is 0.187 e. The van der Waals surface area contributed by atoms with Crippen molar-refractivity contribution in [1.29, 1.82) is 0 Å². The quantitative estimate of drug-likeness (QED) is 0.422. The first-order valence-corrected chi connectivity index (χ1v) is 5.52. The van der Waals surface area contributed by atoms with E-state index in [0.717, 1.165) is 25.9 Å². The van der Waals surface area contributed by atoms with Crippen LogP contribution in [0.5, 0.6) is 0 Å². The monoisotopic (exact) mass is 226 g/mol. The van der Waals surface area contributed by atoms with Gasteiger partial charge in [0.1, 0.15) is 0 Å².